The van der Waals surface area contributed by atoms with Gasteiger partial charge in [0.15, 0.2) is 5.82 Å². The van der Waals surface area contributed by atoms with Gasteiger partial charge < -0.3 is 25.0 Å². The predicted molar refractivity (Wildman–Crippen MR) is 149 cm³/mol. The van der Waals surface area contributed by atoms with Crippen LogP contribution in [-0.2, 0) is 11.8 Å². The molecule has 0 saturated heterocycles. The molecule has 2 N–H and O–H groups in total. The Labute approximate surface area is 221 Å². The monoisotopic (exact) mass is 523 g/mol. The van der Waals surface area contributed by atoms with Crippen LogP contribution < -0.4 is 15.5 Å². The fraction of sp³-hybridized carbons (Fsp3) is 0.296. The third kappa shape index (κ3) is 5.84. The van der Waals surface area contributed by atoms with Gasteiger partial charge in [-0.2, -0.15) is 0 Å². The van der Waals surface area contributed by atoms with E-state index in [0.717, 1.165) is 23.0 Å². The Balaban J connectivity index is 1.71. The number of nitrogens with one attached hydrogen (secondary N) is 2. The molecule has 0 aliphatic carbocycles. The molecule has 0 unspecified atom stereocenters. The number of aromatic nitrogens is 3. The second kappa shape index (κ2) is 11.1. The first-order valence-corrected chi connectivity index (χ1v) is 12.4. The van der Waals surface area contributed by atoms with E-state index in [1.54, 1.807) is 6.07 Å². The maximum Gasteiger partial charge on any atom is 0.227 e. The van der Waals surface area contributed by atoms with E-state index in [9.17, 15) is 4.79 Å². The number of fused-ring (bicyclic) bond motifs is 1. The van der Waals surface area contributed by atoms with Crippen molar-refractivity contribution in [2.45, 2.75) is 13.8 Å². The van der Waals surface area contributed by atoms with E-state index in [0.29, 0.717) is 40.9 Å². The Morgan fingerprint density at radius 2 is 1.95 bits per heavy atom. The maximum atomic E-state index is 15.5. The summed E-state index contributed by atoms with van der Waals surface area (Å²) in [7, 11) is 5.89. The molecule has 4 rings (SSSR count). The highest BCUT2D eigenvalue weighted by molar-refractivity contribution is 6.33. The van der Waals surface area contributed by atoms with Gasteiger partial charge >= 0.3 is 0 Å². The van der Waals surface area contributed by atoms with Gasteiger partial charge in [-0.05, 0) is 39.2 Å². The smallest absolute Gasteiger partial charge is 0.227 e. The summed E-state index contributed by atoms with van der Waals surface area (Å²) in [6, 6.07) is 11.1. The minimum absolute atomic E-state index is 0.258. The van der Waals surface area contributed by atoms with Crippen LogP contribution in [0.25, 0.3) is 22.2 Å². The quantitative estimate of drug-likeness (QED) is 0.301. The van der Waals surface area contributed by atoms with E-state index >= 15 is 4.39 Å². The van der Waals surface area contributed by atoms with Crippen molar-refractivity contribution in [2.24, 2.45) is 7.05 Å². The molecule has 2 aromatic carbocycles. The van der Waals surface area contributed by atoms with Crippen LogP contribution in [0.15, 0.2) is 48.8 Å². The Morgan fingerprint density at radius 1 is 1.19 bits per heavy atom. The van der Waals surface area contributed by atoms with Gasteiger partial charge in [-0.1, -0.05) is 29.8 Å². The van der Waals surface area contributed by atoms with Gasteiger partial charge in [-0.15, -0.1) is 0 Å². The summed E-state index contributed by atoms with van der Waals surface area (Å²) in [5, 5.41) is 7.27. The minimum atomic E-state index is -0.461. The van der Waals surface area contributed by atoms with Crippen LogP contribution in [0.4, 0.5) is 27.4 Å². The number of carbonyl (C=O) groups is 1. The average molecular weight is 524 g/mol. The molecular formula is C27H31ClFN7O. The Bertz CT molecular complexity index is 1440. The van der Waals surface area contributed by atoms with Crippen molar-refractivity contribution < 1.29 is 9.18 Å². The molecule has 0 fully saturated rings. The SMILES string of the molecule is CCN(CCN(C)C)c1c(F)cc(Nc2ncc(Cl)c(-c3cn(C)c4ccccc34)n2)cc1NC(C)=O. The van der Waals surface area contributed by atoms with Crippen molar-refractivity contribution >= 4 is 51.4 Å². The molecule has 1 amide bonds. The zero-order valence-electron chi connectivity index (χ0n) is 21.6. The van der Waals surface area contributed by atoms with Crippen LogP contribution in [0.5, 0.6) is 0 Å². The molecule has 0 atom stereocenters. The van der Waals surface area contributed by atoms with Gasteiger partial charge in [0.25, 0.3) is 0 Å². The largest absolute Gasteiger partial charge is 0.366 e. The second-order valence-corrected chi connectivity index (χ2v) is 9.51. The predicted octanol–water partition coefficient (Wildman–Crippen LogP) is 5.52. The number of hydrogen-bond donors (Lipinski definition) is 2. The lowest BCUT2D eigenvalue weighted by atomic mass is 10.1. The molecular weight excluding hydrogens is 493 g/mol. The van der Waals surface area contributed by atoms with Crippen LogP contribution in [0.3, 0.4) is 0 Å². The van der Waals surface area contributed by atoms with E-state index in [2.05, 4.69) is 20.6 Å². The van der Waals surface area contributed by atoms with Crippen molar-refractivity contribution in [3.63, 3.8) is 0 Å². The van der Waals surface area contributed by atoms with Crippen LogP contribution in [0.1, 0.15) is 13.8 Å². The standard InChI is InChI=1S/C27H31ClFN7O/c1-6-36(12-11-34(3)4)26-22(29)13-18(14-23(26)31-17(2)37)32-27-30-15-21(28)25(33-27)20-16-35(5)24-10-8-7-9-19(20)24/h7-10,13-16H,6,11-12H2,1-5H3,(H,31,37)(H,30,32,33). The number of benzene rings is 2. The molecule has 0 spiro atoms. The highest BCUT2D eigenvalue weighted by atomic mass is 35.5. The summed E-state index contributed by atoms with van der Waals surface area (Å²) in [5.41, 5.74) is 3.61. The summed E-state index contributed by atoms with van der Waals surface area (Å²) in [6.07, 6.45) is 3.49. The van der Waals surface area contributed by atoms with Gasteiger partial charge in [0.2, 0.25) is 11.9 Å². The number of nitrogens with zero attached hydrogens (tertiary/aromatic N) is 5. The number of para-hydroxylation sites is 1. The number of aryl methyl sites for hydroxylation is 1. The van der Waals surface area contributed by atoms with Crippen molar-refractivity contribution in [1.29, 1.82) is 0 Å². The van der Waals surface area contributed by atoms with Crippen LogP contribution in [0.2, 0.25) is 5.02 Å². The van der Waals surface area contributed by atoms with Crippen LogP contribution in [-0.4, -0.2) is 59.1 Å². The van der Waals surface area contributed by atoms with Gasteiger partial charge in [0.05, 0.1) is 28.3 Å². The molecule has 2 aromatic heterocycles. The molecule has 8 nitrogen and oxygen atoms in total. The number of carbonyl (C=O) groups excluding carboxylic acids is 1. The Kier molecular flexibility index (Phi) is 7.94. The highest BCUT2D eigenvalue weighted by Crippen LogP contribution is 2.36. The van der Waals surface area contributed by atoms with E-state index in [4.69, 9.17) is 11.6 Å². The summed E-state index contributed by atoms with van der Waals surface area (Å²) < 4.78 is 17.5. The zero-order valence-corrected chi connectivity index (χ0v) is 22.4. The number of likely N-dealkylation sites (N-methyl/N-ethyl adjacent to an activating group) is 2. The summed E-state index contributed by atoms with van der Waals surface area (Å²) in [6.45, 7) is 5.28. The summed E-state index contributed by atoms with van der Waals surface area (Å²) in [5.74, 6) is -0.492. The second-order valence-electron chi connectivity index (χ2n) is 9.10. The molecule has 0 saturated carbocycles. The first kappa shape index (κ1) is 26.4. The third-order valence-electron chi connectivity index (χ3n) is 6.04. The lowest BCUT2D eigenvalue weighted by Gasteiger charge is -2.28. The van der Waals surface area contributed by atoms with E-state index in [1.165, 1.54) is 19.2 Å². The summed E-state index contributed by atoms with van der Waals surface area (Å²) >= 11 is 6.50. The van der Waals surface area contributed by atoms with Gasteiger partial charge in [-0.3, -0.25) is 4.79 Å². The highest BCUT2D eigenvalue weighted by Gasteiger charge is 2.19. The molecule has 4 aromatic rings. The third-order valence-corrected chi connectivity index (χ3v) is 6.32. The topological polar surface area (TPSA) is 78.3 Å². The molecule has 0 aliphatic heterocycles. The zero-order chi connectivity index (χ0) is 26.7. The van der Waals surface area contributed by atoms with E-state index in [-0.39, 0.29) is 11.9 Å². The number of hydrogen-bond acceptors (Lipinski definition) is 6. The minimum Gasteiger partial charge on any atom is -0.366 e. The Morgan fingerprint density at radius 3 is 2.65 bits per heavy atom. The number of halogens is 2. The number of rotatable bonds is 9. The van der Waals surface area contributed by atoms with Gasteiger partial charge in [0.1, 0.15) is 0 Å². The van der Waals surface area contributed by atoms with Crippen molar-refractivity contribution in [3.8, 4) is 11.3 Å². The average Bonchev–Trinajstić information content (AvgIpc) is 3.18. The first-order valence-electron chi connectivity index (χ1n) is 12.0. The molecule has 194 valence electrons. The van der Waals surface area contributed by atoms with Crippen LogP contribution >= 0.6 is 11.6 Å². The van der Waals surface area contributed by atoms with Gasteiger partial charge in [-0.25, -0.2) is 14.4 Å². The molecule has 0 radical (unpaired) electrons. The van der Waals surface area contributed by atoms with Crippen molar-refractivity contribution in [3.05, 3.63) is 59.6 Å². The van der Waals surface area contributed by atoms with E-state index in [1.807, 2.05) is 72.9 Å². The fourth-order valence-corrected chi connectivity index (χ4v) is 4.49. The molecule has 2 heterocycles. The molecule has 10 heteroatoms. The van der Waals surface area contributed by atoms with Crippen molar-refractivity contribution in [2.75, 3.05) is 49.3 Å². The molecule has 0 bridgehead atoms. The summed E-state index contributed by atoms with van der Waals surface area (Å²) in [4.78, 5) is 24.8. The first-order chi connectivity index (χ1) is 17.7. The van der Waals surface area contributed by atoms with E-state index < -0.39 is 5.82 Å². The normalized spacial score (nSPS) is 11.2. The number of anilines is 4. The lowest BCUT2D eigenvalue weighted by molar-refractivity contribution is -0.114. The fourth-order valence-electron chi connectivity index (χ4n) is 4.30. The van der Waals surface area contributed by atoms with Crippen molar-refractivity contribution in [1.82, 2.24) is 19.4 Å². The molecule has 0 aliphatic rings. The molecule has 37 heavy (non-hydrogen) atoms. The van der Waals surface area contributed by atoms with Gasteiger partial charge in [0, 0.05) is 62.0 Å². The lowest BCUT2D eigenvalue weighted by Crippen LogP contribution is -2.33. The number of amides is 1. The Hall–Kier alpha value is -3.69. The van der Waals surface area contributed by atoms with Crippen LogP contribution in [0, 0.1) is 5.82 Å². The maximum absolute atomic E-state index is 15.5.